The molecule has 0 aromatic heterocycles. The van der Waals surface area contributed by atoms with Crippen molar-refractivity contribution in [3.8, 4) is 0 Å². The zero-order valence-corrected chi connectivity index (χ0v) is 12.9. The van der Waals surface area contributed by atoms with E-state index >= 15 is 0 Å². The van der Waals surface area contributed by atoms with Crippen molar-refractivity contribution in [1.82, 2.24) is 5.32 Å². The summed E-state index contributed by atoms with van der Waals surface area (Å²) < 4.78 is 11.0. The average molecular weight is 291 g/mol. The van der Waals surface area contributed by atoms with Crippen LogP contribution in [0.1, 0.15) is 37.7 Å². The maximum Gasteiger partial charge on any atom is 0.330 e. The molecule has 1 N–H and O–H groups in total. The summed E-state index contributed by atoms with van der Waals surface area (Å²) in [6.07, 6.45) is 5.69. The van der Waals surface area contributed by atoms with Crippen molar-refractivity contribution in [3.63, 3.8) is 0 Å². The molecule has 1 aliphatic rings. The van der Waals surface area contributed by atoms with Crippen LogP contribution in [0.2, 0.25) is 0 Å². The number of ether oxygens (including phenoxy) is 2. The quantitative estimate of drug-likeness (QED) is 0.785. The van der Waals surface area contributed by atoms with Gasteiger partial charge in [0.1, 0.15) is 5.54 Å². The molecule has 1 atom stereocenters. The predicted octanol–water partition coefficient (Wildman–Crippen LogP) is 2.62. The summed E-state index contributed by atoms with van der Waals surface area (Å²) in [6, 6.07) is 9.70. The average Bonchev–Trinajstić information content (AvgIpc) is 3.05. The Morgan fingerprint density at radius 1 is 1.29 bits per heavy atom. The third-order valence-electron chi connectivity index (χ3n) is 4.36. The SMILES string of the molecule is CNC(CCOC1CCCC1)(C(=O)OC)c1ccccc1. The Morgan fingerprint density at radius 2 is 1.95 bits per heavy atom. The first kappa shape index (κ1) is 16.0. The van der Waals surface area contributed by atoms with Gasteiger partial charge in [-0.25, -0.2) is 4.79 Å². The van der Waals surface area contributed by atoms with Gasteiger partial charge in [-0.3, -0.25) is 0 Å². The van der Waals surface area contributed by atoms with Crippen molar-refractivity contribution in [1.29, 1.82) is 0 Å². The summed E-state index contributed by atoms with van der Waals surface area (Å²) in [5, 5.41) is 3.15. The first-order valence-corrected chi connectivity index (χ1v) is 7.67. The van der Waals surface area contributed by atoms with Crippen molar-refractivity contribution in [2.24, 2.45) is 0 Å². The number of benzene rings is 1. The number of rotatable bonds is 7. The highest BCUT2D eigenvalue weighted by atomic mass is 16.5. The largest absolute Gasteiger partial charge is 0.467 e. The molecular weight excluding hydrogens is 266 g/mol. The Balaban J connectivity index is 2.09. The fourth-order valence-electron chi connectivity index (χ4n) is 3.07. The molecule has 0 saturated heterocycles. The Kier molecular flexibility index (Phi) is 5.76. The predicted molar refractivity (Wildman–Crippen MR) is 82.0 cm³/mol. The van der Waals surface area contributed by atoms with Gasteiger partial charge in [-0.05, 0) is 25.5 Å². The van der Waals surface area contributed by atoms with Crippen molar-refractivity contribution in [2.75, 3.05) is 20.8 Å². The van der Waals surface area contributed by atoms with E-state index in [1.54, 1.807) is 7.05 Å². The first-order chi connectivity index (χ1) is 10.2. The highest BCUT2D eigenvalue weighted by Gasteiger charge is 2.39. The molecule has 4 heteroatoms. The van der Waals surface area contributed by atoms with E-state index in [4.69, 9.17) is 9.47 Å². The second-order valence-electron chi connectivity index (χ2n) is 5.54. The minimum atomic E-state index is -0.839. The van der Waals surface area contributed by atoms with Crippen LogP contribution in [0.15, 0.2) is 30.3 Å². The van der Waals surface area contributed by atoms with Gasteiger partial charge in [0.05, 0.1) is 13.2 Å². The molecule has 2 rings (SSSR count). The molecule has 1 aliphatic carbocycles. The zero-order valence-electron chi connectivity index (χ0n) is 12.9. The lowest BCUT2D eigenvalue weighted by atomic mass is 9.87. The summed E-state index contributed by atoms with van der Waals surface area (Å²) in [7, 11) is 3.22. The fourth-order valence-corrected chi connectivity index (χ4v) is 3.07. The summed E-state index contributed by atoms with van der Waals surface area (Å²) in [4.78, 5) is 12.4. The number of methoxy groups -OCH3 is 1. The zero-order chi connectivity index (χ0) is 15.1. The Bertz CT molecular complexity index is 443. The minimum absolute atomic E-state index is 0.272. The maximum absolute atomic E-state index is 12.4. The second-order valence-corrected chi connectivity index (χ2v) is 5.54. The molecule has 0 spiro atoms. The van der Waals surface area contributed by atoms with E-state index in [1.807, 2.05) is 30.3 Å². The van der Waals surface area contributed by atoms with Gasteiger partial charge in [0.2, 0.25) is 0 Å². The summed E-state index contributed by atoms with van der Waals surface area (Å²) in [5.41, 5.74) is 0.0728. The molecule has 116 valence electrons. The van der Waals surface area contributed by atoms with E-state index in [0.717, 1.165) is 18.4 Å². The smallest absolute Gasteiger partial charge is 0.330 e. The molecule has 0 aliphatic heterocycles. The lowest BCUT2D eigenvalue weighted by Gasteiger charge is -2.31. The summed E-state index contributed by atoms with van der Waals surface area (Å²) >= 11 is 0. The van der Waals surface area contributed by atoms with Gasteiger partial charge >= 0.3 is 5.97 Å². The number of hydrogen-bond acceptors (Lipinski definition) is 4. The molecule has 1 aromatic carbocycles. The molecule has 1 fully saturated rings. The van der Waals surface area contributed by atoms with Crippen LogP contribution in [0.5, 0.6) is 0 Å². The molecule has 1 unspecified atom stereocenters. The number of hydrogen-bond donors (Lipinski definition) is 1. The normalized spacial score (nSPS) is 18.4. The van der Waals surface area contributed by atoms with E-state index in [1.165, 1.54) is 20.0 Å². The molecule has 1 saturated carbocycles. The van der Waals surface area contributed by atoms with Crippen LogP contribution in [0.25, 0.3) is 0 Å². The lowest BCUT2D eigenvalue weighted by Crippen LogP contribution is -2.49. The third kappa shape index (κ3) is 3.63. The van der Waals surface area contributed by atoms with Crippen LogP contribution >= 0.6 is 0 Å². The molecule has 0 amide bonds. The fraction of sp³-hybridized carbons (Fsp3) is 0.588. The van der Waals surface area contributed by atoms with Crippen LogP contribution in [0.3, 0.4) is 0 Å². The molecule has 4 nitrogen and oxygen atoms in total. The van der Waals surface area contributed by atoms with E-state index in [9.17, 15) is 4.79 Å². The van der Waals surface area contributed by atoms with Gasteiger partial charge in [-0.15, -0.1) is 0 Å². The Morgan fingerprint density at radius 3 is 2.52 bits per heavy atom. The van der Waals surface area contributed by atoms with Crippen LogP contribution in [0.4, 0.5) is 0 Å². The van der Waals surface area contributed by atoms with E-state index in [0.29, 0.717) is 19.1 Å². The highest BCUT2D eigenvalue weighted by molar-refractivity contribution is 5.82. The number of esters is 1. The Hall–Kier alpha value is -1.39. The van der Waals surface area contributed by atoms with E-state index in [2.05, 4.69) is 5.32 Å². The summed E-state index contributed by atoms with van der Waals surface area (Å²) in [5.74, 6) is -0.272. The van der Waals surface area contributed by atoms with Gasteiger partial charge in [0.25, 0.3) is 0 Å². The number of likely N-dealkylation sites (N-methyl/N-ethyl adjacent to an activating group) is 1. The van der Waals surface area contributed by atoms with E-state index < -0.39 is 5.54 Å². The minimum Gasteiger partial charge on any atom is -0.467 e. The van der Waals surface area contributed by atoms with Crippen molar-refractivity contribution < 1.29 is 14.3 Å². The van der Waals surface area contributed by atoms with Crippen LogP contribution < -0.4 is 5.32 Å². The lowest BCUT2D eigenvalue weighted by molar-refractivity contribution is -0.150. The van der Waals surface area contributed by atoms with Gasteiger partial charge < -0.3 is 14.8 Å². The maximum atomic E-state index is 12.4. The van der Waals surface area contributed by atoms with Crippen LogP contribution in [0, 0.1) is 0 Å². The van der Waals surface area contributed by atoms with Crippen LogP contribution in [-0.4, -0.2) is 32.8 Å². The highest BCUT2D eigenvalue weighted by Crippen LogP contribution is 2.28. The number of carbonyl (C=O) groups excluding carboxylic acids is 1. The van der Waals surface area contributed by atoms with E-state index in [-0.39, 0.29) is 5.97 Å². The van der Waals surface area contributed by atoms with Gasteiger partial charge in [-0.2, -0.15) is 0 Å². The monoisotopic (exact) mass is 291 g/mol. The molecule has 0 heterocycles. The van der Waals surface area contributed by atoms with Gasteiger partial charge in [0, 0.05) is 13.0 Å². The Labute approximate surface area is 126 Å². The molecule has 21 heavy (non-hydrogen) atoms. The third-order valence-corrected chi connectivity index (χ3v) is 4.36. The van der Waals surface area contributed by atoms with Crippen molar-refractivity contribution in [3.05, 3.63) is 35.9 Å². The molecule has 0 radical (unpaired) electrons. The topological polar surface area (TPSA) is 47.6 Å². The van der Waals surface area contributed by atoms with Crippen molar-refractivity contribution >= 4 is 5.97 Å². The second kappa shape index (κ2) is 7.57. The number of carbonyl (C=O) groups is 1. The van der Waals surface area contributed by atoms with Gasteiger partial charge in [0.15, 0.2) is 0 Å². The molecule has 1 aromatic rings. The van der Waals surface area contributed by atoms with Crippen LogP contribution in [-0.2, 0) is 19.8 Å². The standard InChI is InChI=1S/C17H25NO3/c1-18-17(16(19)20-2,14-8-4-3-5-9-14)12-13-21-15-10-6-7-11-15/h3-5,8-9,15,18H,6-7,10-13H2,1-2H3. The summed E-state index contributed by atoms with van der Waals surface area (Å²) in [6.45, 7) is 0.551. The van der Waals surface area contributed by atoms with Crippen molar-refractivity contribution in [2.45, 2.75) is 43.7 Å². The molecular formula is C17H25NO3. The first-order valence-electron chi connectivity index (χ1n) is 7.67. The number of nitrogens with one attached hydrogen (secondary N) is 1. The van der Waals surface area contributed by atoms with Gasteiger partial charge in [-0.1, -0.05) is 43.2 Å². The molecule has 0 bridgehead atoms.